The zero-order valence-electron chi connectivity index (χ0n) is 16.2. The van der Waals surface area contributed by atoms with Gasteiger partial charge in [-0.3, -0.25) is 0 Å². The minimum absolute atomic E-state index is 0.661. The van der Waals surface area contributed by atoms with Gasteiger partial charge in [-0.25, -0.2) is 0 Å². The Morgan fingerprint density at radius 1 is 0.783 bits per heavy atom. The first-order chi connectivity index (χ1) is 10.9. The lowest BCUT2D eigenvalue weighted by molar-refractivity contribution is 0.0703. The molecule has 0 aromatic heterocycles. The van der Waals surface area contributed by atoms with Gasteiger partial charge >= 0.3 is 18.3 Å². The van der Waals surface area contributed by atoms with Crippen LogP contribution in [0, 0.1) is 0 Å². The monoisotopic (exact) mass is 371 g/mol. The van der Waals surface area contributed by atoms with Gasteiger partial charge in [0.15, 0.2) is 0 Å². The van der Waals surface area contributed by atoms with Crippen LogP contribution in [0.15, 0.2) is 0 Å². The van der Waals surface area contributed by atoms with Crippen molar-refractivity contribution < 1.29 is 26.6 Å². The van der Waals surface area contributed by atoms with Gasteiger partial charge in [0.2, 0.25) is 0 Å². The molecule has 0 aliphatic heterocycles. The van der Waals surface area contributed by atoms with Crippen LogP contribution >= 0.6 is 0 Å². The molecule has 0 saturated carbocycles. The SMILES string of the molecule is CCO[Si](CCCN(C)C)(OCC)OCC.CO[SiH](OC)OC. The lowest BCUT2D eigenvalue weighted by Crippen LogP contribution is -2.46. The van der Waals surface area contributed by atoms with Gasteiger partial charge in [-0.1, -0.05) is 0 Å². The van der Waals surface area contributed by atoms with E-state index >= 15 is 0 Å². The average Bonchev–Trinajstić information content (AvgIpc) is 2.50. The maximum atomic E-state index is 5.77. The third-order valence-electron chi connectivity index (χ3n) is 2.76. The minimum atomic E-state index is -2.39. The second-order valence-electron chi connectivity index (χ2n) is 4.88. The highest BCUT2D eigenvalue weighted by molar-refractivity contribution is 6.60. The smallest absolute Gasteiger partial charge is 0.379 e. The van der Waals surface area contributed by atoms with E-state index in [0.717, 1.165) is 19.0 Å². The largest absolute Gasteiger partial charge is 0.500 e. The van der Waals surface area contributed by atoms with Crippen molar-refractivity contribution in [3.8, 4) is 0 Å². The molecule has 0 rings (SSSR count). The molecule has 0 amide bonds. The van der Waals surface area contributed by atoms with Crippen molar-refractivity contribution in [1.29, 1.82) is 0 Å². The molecule has 0 atom stereocenters. The Kier molecular flexibility index (Phi) is 18.8. The fourth-order valence-electron chi connectivity index (χ4n) is 1.90. The maximum absolute atomic E-state index is 5.77. The molecule has 0 fully saturated rings. The van der Waals surface area contributed by atoms with Crippen LogP contribution in [0.3, 0.4) is 0 Å². The van der Waals surface area contributed by atoms with E-state index in [1.165, 1.54) is 0 Å². The molecular weight excluding hydrogens is 334 g/mol. The molecule has 0 bridgehead atoms. The standard InChI is InChI=1S/C11H27NO3Si.C3H10O3Si/c1-6-13-16(14-7-2,15-8-3)11-9-10-12(4)5;1-4-7(5-2)6-3/h6-11H2,1-5H3;7H,1-3H3. The summed E-state index contributed by atoms with van der Waals surface area (Å²) >= 11 is 0. The van der Waals surface area contributed by atoms with Crippen LogP contribution in [0.2, 0.25) is 6.04 Å². The van der Waals surface area contributed by atoms with E-state index in [4.69, 9.17) is 26.6 Å². The van der Waals surface area contributed by atoms with Gasteiger partial charge in [-0.15, -0.1) is 0 Å². The molecule has 0 saturated heterocycles. The van der Waals surface area contributed by atoms with E-state index in [1.54, 1.807) is 21.3 Å². The normalized spacial score (nSPS) is 11.7. The summed E-state index contributed by atoms with van der Waals surface area (Å²) in [6.07, 6.45) is 1.05. The Morgan fingerprint density at radius 2 is 1.17 bits per heavy atom. The fraction of sp³-hybridized carbons (Fsp3) is 1.00. The molecule has 0 aromatic carbocycles. The molecule has 142 valence electrons. The summed E-state index contributed by atoms with van der Waals surface area (Å²) in [5, 5.41) is 0. The van der Waals surface area contributed by atoms with Crippen LogP contribution in [0.5, 0.6) is 0 Å². The number of hydrogen-bond donors (Lipinski definition) is 0. The summed E-state index contributed by atoms with van der Waals surface area (Å²) in [6.45, 7) is 9.00. The summed E-state index contributed by atoms with van der Waals surface area (Å²) in [5.74, 6) is 0. The molecule has 0 heterocycles. The van der Waals surface area contributed by atoms with Gasteiger partial charge in [-0.2, -0.15) is 0 Å². The van der Waals surface area contributed by atoms with Gasteiger partial charge in [-0.05, 0) is 47.8 Å². The summed E-state index contributed by atoms with van der Waals surface area (Å²) in [7, 11) is 4.81. The molecule has 7 nitrogen and oxygen atoms in total. The summed E-state index contributed by atoms with van der Waals surface area (Å²) in [6, 6.07) is 0.903. The predicted octanol–water partition coefficient (Wildman–Crippen LogP) is 1.63. The highest BCUT2D eigenvalue weighted by Gasteiger charge is 2.39. The van der Waals surface area contributed by atoms with E-state index in [2.05, 4.69) is 19.0 Å². The minimum Gasteiger partial charge on any atom is -0.379 e. The average molecular weight is 372 g/mol. The predicted molar refractivity (Wildman–Crippen MR) is 96.8 cm³/mol. The molecule has 0 aliphatic carbocycles. The molecule has 0 aromatic rings. The Balaban J connectivity index is 0. The fourth-order valence-corrected chi connectivity index (χ4v) is 5.07. The lowest BCUT2D eigenvalue weighted by atomic mass is 10.5. The van der Waals surface area contributed by atoms with Crippen molar-refractivity contribution >= 4 is 18.3 Å². The maximum Gasteiger partial charge on any atom is 0.500 e. The molecule has 0 radical (unpaired) electrons. The summed E-state index contributed by atoms with van der Waals surface area (Å²) in [4.78, 5) is 2.17. The van der Waals surface area contributed by atoms with Crippen molar-refractivity contribution in [3.63, 3.8) is 0 Å². The van der Waals surface area contributed by atoms with Gasteiger partial charge in [0.1, 0.15) is 0 Å². The highest BCUT2D eigenvalue weighted by Crippen LogP contribution is 2.18. The molecule has 0 aliphatic rings. The first-order valence-electron chi connectivity index (χ1n) is 8.10. The van der Waals surface area contributed by atoms with E-state index in [9.17, 15) is 0 Å². The Labute approximate surface area is 145 Å². The third kappa shape index (κ3) is 14.2. The third-order valence-corrected chi connectivity index (χ3v) is 7.06. The molecular formula is C14H37NO6Si2. The van der Waals surface area contributed by atoms with Crippen LogP contribution in [-0.4, -0.2) is 85.0 Å². The molecule has 0 N–H and O–H groups in total. The zero-order valence-corrected chi connectivity index (χ0v) is 18.4. The zero-order chi connectivity index (χ0) is 18.1. The second kappa shape index (κ2) is 17.0. The van der Waals surface area contributed by atoms with Gasteiger partial charge < -0.3 is 31.5 Å². The highest BCUT2D eigenvalue weighted by atomic mass is 28.4. The number of hydrogen-bond acceptors (Lipinski definition) is 7. The van der Waals surface area contributed by atoms with Crippen LogP contribution in [0.1, 0.15) is 27.2 Å². The Bertz CT molecular complexity index is 223. The first-order valence-corrected chi connectivity index (χ1v) is 11.4. The van der Waals surface area contributed by atoms with Crippen LogP contribution in [-0.2, 0) is 26.6 Å². The van der Waals surface area contributed by atoms with Gasteiger partial charge in [0.25, 0.3) is 0 Å². The summed E-state index contributed by atoms with van der Waals surface area (Å²) in [5.41, 5.74) is 0. The lowest BCUT2D eigenvalue weighted by Gasteiger charge is -2.28. The molecule has 23 heavy (non-hydrogen) atoms. The van der Waals surface area contributed by atoms with E-state index < -0.39 is 18.3 Å². The molecule has 0 unspecified atom stereocenters. The quantitative estimate of drug-likeness (QED) is 0.456. The van der Waals surface area contributed by atoms with Gasteiger partial charge in [0.05, 0.1) is 0 Å². The molecule has 9 heteroatoms. The number of rotatable bonds is 13. The van der Waals surface area contributed by atoms with Gasteiger partial charge in [0, 0.05) is 47.2 Å². The second-order valence-corrected chi connectivity index (χ2v) is 9.61. The van der Waals surface area contributed by atoms with E-state index in [-0.39, 0.29) is 0 Å². The van der Waals surface area contributed by atoms with E-state index in [0.29, 0.717) is 19.8 Å². The molecule has 0 spiro atoms. The van der Waals surface area contributed by atoms with Crippen LogP contribution < -0.4 is 0 Å². The first kappa shape index (κ1) is 25.4. The van der Waals surface area contributed by atoms with Crippen molar-refractivity contribution in [2.45, 2.75) is 33.2 Å². The van der Waals surface area contributed by atoms with E-state index in [1.807, 2.05) is 20.8 Å². The Morgan fingerprint density at radius 3 is 1.39 bits per heavy atom. The van der Waals surface area contributed by atoms with Crippen molar-refractivity contribution in [1.82, 2.24) is 4.90 Å². The van der Waals surface area contributed by atoms with Crippen molar-refractivity contribution in [2.75, 3.05) is 61.8 Å². The summed E-state index contributed by atoms with van der Waals surface area (Å²) < 4.78 is 31.5. The van der Waals surface area contributed by atoms with Crippen molar-refractivity contribution in [3.05, 3.63) is 0 Å². The number of nitrogens with zero attached hydrogens (tertiary/aromatic N) is 1. The van der Waals surface area contributed by atoms with Crippen LogP contribution in [0.25, 0.3) is 0 Å². The Hall–Kier alpha value is 0.154. The topological polar surface area (TPSA) is 58.6 Å². The van der Waals surface area contributed by atoms with Crippen molar-refractivity contribution in [2.24, 2.45) is 0 Å². The van der Waals surface area contributed by atoms with Crippen LogP contribution in [0.4, 0.5) is 0 Å².